The Bertz CT molecular complexity index is 500. The lowest BCUT2D eigenvalue weighted by Crippen LogP contribution is -2.07. The van der Waals surface area contributed by atoms with E-state index in [0.717, 1.165) is 11.0 Å². The third-order valence-electron chi connectivity index (χ3n) is 2.81. The molecule has 0 saturated heterocycles. The number of aromatic nitrogens is 1. The number of rotatable bonds is 3. The number of aromatic amines is 1. The maximum Gasteiger partial charge on any atom is 0.0460 e. The lowest BCUT2D eigenvalue weighted by atomic mass is 9.99. The average molecular weight is 281 g/mol. The maximum absolute atomic E-state index is 3.53. The lowest BCUT2D eigenvalue weighted by Gasteiger charge is -2.07. The third kappa shape index (κ3) is 2.02. The monoisotopic (exact) mass is 280 g/mol. The highest BCUT2D eigenvalue weighted by molar-refractivity contribution is 9.10. The molecule has 1 aromatic carbocycles. The number of nitrogens with one attached hydrogen (secondary N) is 2. The number of fused-ring (bicyclic) bond motifs is 1. The van der Waals surface area contributed by atoms with Gasteiger partial charge >= 0.3 is 0 Å². The fourth-order valence-electron chi connectivity index (χ4n) is 2.22. The highest BCUT2D eigenvalue weighted by Gasteiger charge is 2.13. The standard InChI is InChI=1S/C13H17BrN2/c1-8(2)13-10-6-9(14)4-5-11(10)16-12(13)7-15-3/h4-6,8,15-16H,7H2,1-3H3. The van der Waals surface area contributed by atoms with Crippen molar-refractivity contribution in [3.63, 3.8) is 0 Å². The van der Waals surface area contributed by atoms with Crippen molar-refractivity contribution in [1.82, 2.24) is 10.3 Å². The maximum atomic E-state index is 3.53. The van der Waals surface area contributed by atoms with Crippen molar-refractivity contribution in [3.8, 4) is 0 Å². The molecule has 2 rings (SSSR count). The highest BCUT2D eigenvalue weighted by Crippen LogP contribution is 2.31. The minimum Gasteiger partial charge on any atom is -0.357 e. The van der Waals surface area contributed by atoms with Gasteiger partial charge in [0.25, 0.3) is 0 Å². The second-order valence-electron chi connectivity index (χ2n) is 4.39. The Labute approximate surface area is 105 Å². The molecule has 0 radical (unpaired) electrons. The normalized spacial score (nSPS) is 11.6. The molecule has 16 heavy (non-hydrogen) atoms. The molecule has 0 saturated carbocycles. The summed E-state index contributed by atoms with van der Waals surface area (Å²) in [5.74, 6) is 0.534. The first-order valence-electron chi connectivity index (χ1n) is 5.58. The van der Waals surface area contributed by atoms with E-state index in [1.807, 2.05) is 7.05 Å². The Morgan fingerprint density at radius 1 is 1.38 bits per heavy atom. The Morgan fingerprint density at radius 3 is 2.75 bits per heavy atom. The Balaban J connectivity index is 2.67. The number of hydrogen-bond acceptors (Lipinski definition) is 1. The molecule has 2 aromatic rings. The van der Waals surface area contributed by atoms with Crippen molar-refractivity contribution in [1.29, 1.82) is 0 Å². The van der Waals surface area contributed by atoms with Crippen LogP contribution in [0.3, 0.4) is 0 Å². The second kappa shape index (κ2) is 4.60. The van der Waals surface area contributed by atoms with Gasteiger partial charge in [-0.1, -0.05) is 29.8 Å². The predicted octanol–water partition coefficient (Wildman–Crippen LogP) is 3.77. The van der Waals surface area contributed by atoms with Crippen LogP contribution in [0.4, 0.5) is 0 Å². The molecule has 0 amide bonds. The summed E-state index contributed by atoms with van der Waals surface area (Å²) in [6.07, 6.45) is 0. The topological polar surface area (TPSA) is 27.8 Å². The van der Waals surface area contributed by atoms with Crippen LogP contribution in [0.5, 0.6) is 0 Å². The Hall–Kier alpha value is -0.800. The van der Waals surface area contributed by atoms with Gasteiger partial charge < -0.3 is 10.3 Å². The van der Waals surface area contributed by atoms with Gasteiger partial charge in [0.2, 0.25) is 0 Å². The first kappa shape index (κ1) is 11.7. The van der Waals surface area contributed by atoms with Gasteiger partial charge in [0, 0.05) is 27.6 Å². The molecular weight excluding hydrogens is 264 g/mol. The van der Waals surface area contributed by atoms with E-state index in [9.17, 15) is 0 Å². The van der Waals surface area contributed by atoms with Gasteiger partial charge in [0.05, 0.1) is 0 Å². The van der Waals surface area contributed by atoms with Crippen molar-refractivity contribution >= 4 is 26.8 Å². The second-order valence-corrected chi connectivity index (χ2v) is 5.31. The molecule has 0 fully saturated rings. The van der Waals surface area contributed by atoms with Crippen molar-refractivity contribution in [2.24, 2.45) is 0 Å². The SMILES string of the molecule is CNCc1[nH]c2ccc(Br)cc2c1C(C)C. The third-order valence-corrected chi connectivity index (χ3v) is 3.31. The van der Waals surface area contributed by atoms with E-state index in [0.29, 0.717) is 5.92 Å². The van der Waals surface area contributed by atoms with Crippen LogP contribution in [0, 0.1) is 0 Å². The average Bonchev–Trinajstić information content (AvgIpc) is 2.55. The summed E-state index contributed by atoms with van der Waals surface area (Å²) < 4.78 is 1.14. The van der Waals surface area contributed by atoms with E-state index in [1.54, 1.807) is 0 Å². The van der Waals surface area contributed by atoms with Crippen molar-refractivity contribution in [3.05, 3.63) is 33.9 Å². The van der Waals surface area contributed by atoms with Crippen LogP contribution < -0.4 is 5.32 Å². The van der Waals surface area contributed by atoms with Crippen LogP contribution in [0.25, 0.3) is 10.9 Å². The number of H-pyrrole nitrogens is 1. The molecule has 86 valence electrons. The summed E-state index contributed by atoms with van der Waals surface area (Å²) >= 11 is 3.53. The van der Waals surface area contributed by atoms with Gasteiger partial charge in [-0.2, -0.15) is 0 Å². The Morgan fingerprint density at radius 2 is 2.12 bits per heavy atom. The van der Waals surface area contributed by atoms with Crippen LogP contribution in [0.2, 0.25) is 0 Å². The number of benzene rings is 1. The van der Waals surface area contributed by atoms with Gasteiger partial charge in [-0.05, 0) is 36.7 Å². The quantitative estimate of drug-likeness (QED) is 0.880. The summed E-state index contributed by atoms with van der Waals surface area (Å²) in [5.41, 5.74) is 3.94. The zero-order valence-electron chi connectivity index (χ0n) is 9.89. The van der Waals surface area contributed by atoms with E-state index in [2.05, 4.69) is 58.3 Å². The molecule has 0 atom stereocenters. The fraction of sp³-hybridized carbons (Fsp3) is 0.385. The molecule has 0 aliphatic carbocycles. The van der Waals surface area contributed by atoms with Crippen LogP contribution in [-0.2, 0) is 6.54 Å². The molecule has 2 N–H and O–H groups in total. The summed E-state index contributed by atoms with van der Waals surface area (Å²) in [6.45, 7) is 5.37. The van der Waals surface area contributed by atoms with Gasteiger partial charge in [-0.25, -0.2) is 0 Å². The Kier molecular flexibility index (Phi) is 3.36. The minimum absolute atomic E-state index is 0.534. The van der Waals surface area contributed by atoms with Gasteiger partial charge in [-0.15, -0.1) is 0 Å². The largest absolute Gasteiger partial charge is 0.357 e. The first-order chi connectivity index (χ1) is 7.63. The predicted molar refractivity (Wildman–Crippen MR) is 72.9 cm³/mol. The van der Waals surface area contributed by atoms with E-state index >= 15 is 0 Å². The molecule has 3 heteroatoms. The zero-order chi connectivity index (χ0) is 11.7. The zero-order valence-corrected chi connectivity index (χ0v) is 11.5. The molecule has 0 spiro atoms. The van der Waals surface area contributed by atoms with Crippen LogP contribution in [-0.4, -0.2) is 12.0 Å². The fourth-order valence-corrected chi connectivity index (χ4v) is 2.58. The molecule has 2 nitrogen and oxygen atoms in total. The van der Waals surface area contributed by atoms with Gasteiger partial charge in [0.15, 0.2) is 0 Å². The number of halogens is 1. The van der Waals surface area contributed by atoms with Crippen LogP contribution >= 0.6 is 15.9 Å². The van der Waals surface area contributed by atoms with E-state index in [-0.39, 0.29) is 0 Å². The molecule has 0 bridgehead atoms. The van der Waals surface area contributed by atoms with Crippen molar-refractivity contribution < 1.29 is 0 Å². The molecule has 0 unspecified atom stereocenters. The first-order valence-corrected chi connectivity index (χ1v) is 6.37. The molecule has 0 aliphatic heterocycles. The van der Waals surface area contributed by atoms with Crippen molar-refractivity contribution in [2.75, 3.05) is 7.05 Å². The van der Waals surface area contributed by atoms with Gasteiger partial charge in [-0.3, -0.25) is 0 Å². The molecular formula is C13H17BrN2. The minimum atomic E-state index is 0.534. The smallest absolute Gasteiger partial charge is 0.0460 e. The van der Waals surface area contributed by atoms with Gasteiger partial charge in [0.1, 0.15) is 0 Å². The summed E-state index contributed by atoms with van der Waals surface area (Å²) in [6, 6.07) is 6.40. The molecule has 1 aromatic heterocycles. The lowest BCUT2D eigenvalue weighted by molar-refractivity contribution is 0.765. The van der Waals surface area contributed by atoms with Crippen molar-refractivity contribution in [2.45, 2.75) is 26.3 Å². The summed E-state index contributed by atoms with van der Waals surface area (Å²) in [7, 11) is 1.98. The van der Waals surface area contributed by atoms with E-state index in [1.165, 1.54) is 22.2 Å². The summed E-state index contributed by atoms with van der Waals surface area (Å²) in [5, 5.41) is 4.54. The molecule has 1 heterocycles. The van der Waals surface area contributed by atoms with E-state index in [4.69, 9.17) is 0 Å². The number of hydrogen-bond donors (Lipinski definition) is 2. The highest BCUT2D eigenvalue weighted by atomic mass is 79.9. The van der Waals surface area contributed by atoms with E-state index < -0.39 is 0 Å². The van der Waals surface area contributed by atoms with Crippen LogP contribution in [0.1, 0.15) is 31.0 Å². The van der Waals surface area contributed by atoms with Crippen LogP contribution in [0.15, 0.2) is 22.7 Å². The molecule has 0 aliphatic rings. The summed E-state index contributed by atoms with van der Waals surface area (Å²) in [4.78, 5) is 3.49.